The number of nitrogens with zero attached hydrogens (tertiary/aromatic N) is 3. The first-order chi connectivity index (χ1) is 13.6. The molecule has 0 saturated carbocycles. The Kier molecular flexibility index (Phi) is 6.98. The van der Waals surface area contributed by atoms with Crippen LogP contribution in [0, 0.1) is 6.92 Å². The number of hydrogen-bond donors (Lipinski definition) is 1. The van der Waals surface area contributed by atoms with Crippen molar-refractivity contribution in [3.8, 4) is 27.6 Å². The smallest absolute Gasteiger partial charge is 0.183 e. The van der Waals surface area contributed by atoms with Crippen molar-refractivity contribution in [1.82, 2.24) is 15.0 Å². The number of aromatic nitrogens is 3. The van der Waals surface area contributed by atoms with Gasteiger partial charge in [0.25, 0.3) is 0 Å². The lowest BCUT2D eigenvalue weighted by molar-refractivity contribution is 0.193. The van der Waals surface area contributed by atoms with E-state index in [1.54, 1.807) is 17.7 Å². The van der Waals surface area contributed by atoms with Crippen LogP contribution in [-0.2, 0) is 0 Å². The second kappa shape index (κ2) is 9.64. The molecule has 5 nitrogen and oxygen atoms in total. The molecule has 0 atom stereocenters. The van der Waals surface area contributed by atoms with E-state index in [-0.39, 0.29) is 6.10 Å². The first kappa shape index (κ1) is 20.3. The van der Waals surface area contributed by atoms with Gasteiger partial charge in [-0.2, -0.15) is 0 Å². The van der Waals surface area contributed by atoms with Crippen molar-refractivity contribution in [1.29, 1.82) is 0 Å². The second-order valence-corrected chi connectivity index (χ2v) is 7.81. The van der Waals surface area contributed by atoms with E-state index in [0.29, 0.717) is 0 Å². The standard InChI is InChI=1S/C22H28N4OS/c1-5-10-23-22-24-13-21(28-22)20-12-19(25-14-26-20)18-9-8-17(11-15(18)4)27-16(6-2)7-3/h8-9,11-14,16H,5-7,10H2,1-4H3,(H,23,24). The maximum absolute atomic E-state index is 6.07. The van der Waals surface area contributed by atoms with Gasteiger partial charge in [0.2, 0.25) is 0 Å². The molecule has 0 saturated heterocycles. The molecule has 0 unspecified atom stereocenters. The summed E-state index contributed by atoms with van der Waals surface area (Å²) in [6, 6.07) is 8.23. The third-order valence-corrected chi connectivity index (χ3v) is 5.62. The number of ether oxygens (including phenoxy) is 1. The summed E-state index contributed by atoms with van der Waals surface area (Å²) >= 11 is 1.62. The van der Waals surface area contributed by atoms with Gasteiger partial charge >= 0.3 is 0 Å². The summed E-state index contributed by atoms with van der Waals surface area (Å²) < 4.78 is 6.07. The van der Waals surface area contributed by atoms with E-state index in [1.807, 2.05) is 18.3 Å². The molecular formula is C22H28N4OS. The van der Waals surface area contributed by atoms with Gasteiger partial charge in [0.1, 0.15) is 12.1 Å². The maximum Gasteiger partial charge on any atom is 0.183 e. The van der Waals surface area contributed by atoms with E-state index in [0.717, 1.165) is 64.1 Å². The van der Waals surface area contributed by atoms with Crippen LogP contribution in [0.15, 0.2) is 36.8 Å². The summed E-state index contributed by atoms with van der Waals surface area (Å²) in [4.78, 5) is 14.4. The van der Waals surface area contributed by atoms with Crippen LogP contribution in [0.4, 0.5) is 5.13 Å². The van der Waals surface area contributed by atoms with Gasteiger partial charge in [-0.25, -0.2) is 15.0 Å². The largest absolute Gasteiger partial charge is 0.490 e. The number of thiazole rings is 1. The average Bonchev–Trinajstić information content (AvgIpc) is 3.19. The number of hydrogen-bond acceptors (Lipinski definition) is 6. The Balaban J connectivity index is 1.82. The summed E-state index contributed by atoms with van der Waals surface area (Å²) in [6.45, 7) is 9.46. The molecule has 3 aromatic rings. The van der Waals surface area contributed by atoms with E-state index in [9.17, 15) is 0 Å². The van der Waals surface area contributed by atoms with Gasteiger partial charge < -0.3 is 10.1 Å². The normalized spacial score (nSPS) is 11.0. The predicted molar refractivity (Wildman–Crippen MR) is 117 cm³/mol. The number of benzene rings is 1. The van der Waals surface area contributed by atoms with Crippen LogP contribution < -0.4 is 10.1 Å². The molecule has 2 heterocycles. The number of anilines is 1. The minimum atomic E-state index is 0.262. The Bertz CT molecular complexity index is 905. The lowest BCUT2D eigenvalue weighted by Gasteiger charge is -2.17. The van der Waals surface area contributed by atoms with Gasteiger partial charge in [0, 0.05) is 18.3 Å². The van der Waals surface area contributed by atoms with Crippen LogP contribution in [0.5, 0.6) is 5.75 Å². The topological polar surface area (TPSA) is 59.9 Å². The quantitative estimate of drug-likeness (QED) is 0.483. The van der Waals surface area contributed by atoms with Gasteiger partial charge in [-0.05, 0) is 56.0 Å². The molecule has 0 aliphatic rings. The van der Waals surface area contributed by atoms with E-state index >= 15 is 0 Å². The summed E-state index contributed by atoms with van der Waals surface area (Å²) in [5.74, 6) is 0.915. The van der Waals surface area contributed by atoms with Crippen LogP contribution in [-0.4, -0.2) is 27.6 Å². The van der Waals surface area contributed by atoms with Gasteiger partial charge in [-0.15, -0.1) is 0 Å². The lowest BCUT2D eigenvalue weighted by Crippen LogP contribution is -2.13. The summed E-state index contributed by atoms with van der Waals surface area (Å²) in [5, 5.41) is 4.25. The number of rotatable bonds is 9. The molecule has 1 N–H and O–H groups in total. The minimum absolute atomic E-state index is 0.262. The van der Waals surface area contributed by atoms with Gasteiger partial charge in [-0.1, -0.05) is 32.1 Å². The van der Waals surface area contributed by atoms with Crippen LogP contribution >= 0.6 is 11.3 Å². The van der Waals surface area contributed by atoms with Crippen LogP contribution in [0.2, 0.25) is 0 Å². The van der Waals surface area contributed by atoms with E-state index in [1.165, 1.54) is 0 Å². The van der Waals surface area contributed by atoms with E-state index in [2.05, 4.69) is 60.1 Å². The highest BCUT2D eigenvalue weighted by Crippen LogP contribution is 2.31. The minimum Gasteiger partial charge on any atom is -0.490 e. The first-order valence-electron chi connectivity index (χ1n) is 9.94. The molecule has 148 valence electrons. The van der Waals surface area contributed by atoms with Gasteiger partial charge in [-0.3, -0.25) is 0 Å². The Morgan fingerprint density at radius 2 is 1.82 bits per heavy atom. The lowest BCUT2D eigenvalue weighted by atomic mass is 10.0. The van der Waals surface area contributed by atoms with Crippen molar-refractivity contribution in [2.45, 2.75) is 53.1 Å². The van der Waals surface area contributed by atoms with Crippen molar-refractivity contribution >= 4 is 16.5 Å². The molecule has 28 heavy (non-hydrogen) atoms. The van der Waals surface area contributed by atoms with Crippen molar-refractivity contribution in [3.05, 3.63) is 42.4 Å². The average molecular weight is 397 g/mol. The summed E-state index contributed by atoms with van der Waals surface area (Å²) in [5.41, 5.74) is 4.04. The molecule has 0 aliphatic carbocycles. The molecule has 0 radical (unpaired) electrons. The molecule has 6 heteroatoms. The number of nitrogens with one attached hydrogen (secondary N) is 1. The molecule has 0 bridgehead atoms. The molecule has 3 rings (SSSR count). The van der Waals surface area contributed by atoms with Crippen molar-refractivity contribution < 1.29 is 4.74 Å². The first-order valence-corrected chi connectivity index (χ1v) is 10.8. The van der Waals surface area contributed by atoms with Gasteiger partial charge in [0.05, 0.1) is 22.4 Å². The molecule has 0 spiro atoms. The van der Waals surface area contributed by atoms with Crippen LogP contribution in [0.3, 0.4) is 0 Å². The number of aryl methyl sites for hydroxylation is 1. The van der Waals surface area contributed by atoms with Crippen molar-refractivity contribution in [3.63, 3.8) is 0 Å². The highest BCUT2D eigenvalue weighted by molar-refractivity contribution is 7.18. The van der Waals surface area contributed by atoms with E-state index in [4.69, 9.17) is 4.74 Å². The fraction of sp³-hybridized carbons (Fsp3) is 0.409. The Labute approximate surface area is 171 Å². The predicted octanol–water partition coefficient (Wildman–Crippen LogP) is 5.96. The highest BCUT2D eigenvalue weighted by atomic mass is 32.1. The molecular weight excluding hydrogens is 368 g/mol. The fourth-order valence-corrected chi connectivity index (χ4v) is 3.80. The van der Waals surface area contributed by atoms with E-state index < -0.39 is 0 Å². The zero-order chi connectivity index (χ0) is 19.9. The zero-order valence-electron chi connectivity index (χ0n) is 17.0. The van der Waals surface area contributed by atoms with Crippen molar-refractivity contribution in [2.24, 2.45) is 0 Å². The monoisotopic (exact) mass is 396 g/mol. The molecule has 2 aromatic heterocycles. The Morgan fingerprint density at radius 1 is 1.04 bits per heavy atom. The van der Waals surface area contributed by atoms with Crippen LogP contribution in [0.1, 0.15) is 45.6 Å². The second-order valence-electron chi connectivity index (χ2n) is 6.78. The third-order valence-electron chi connectivity index (χ3n) is 4.64. The summed E-state index contributed by atoms with van der Waals surface area (Å²) in [6.07, 6.45) is 6.85. The summed E-state index contributed by atoms with van der Waals surface area (Å²) in [7, 11) is 0. The Morgan fingerprint density at radius 3 is 2.54 bits per heavy atom. The zero-order valence-corrected chi connectivity index (χ0v) is 17.8. The molecule has 1 aromatic carbocycles. The van der Waals surface area contributed by atoms with Crippen LogP contribution in [0.25, 0.3) is 21.8 Å². The molecule has 0 aliphatic heterocycles. The highest BCUT2D eigenvalue weighted by Gasteiger charge is 2.11. The maximum atomic E-state index is 6.07. The molecule has 0 amide bonds. The SMILES string of the molecule is CCCNc1ncc(-c2cc(-c3ccc(OC(CC)CC)cc3C)ncn2)s1. The van der Waals surface area contributed by atoms with Gasteiger partial charge in [0.15, 0.2) is 5.13 Å². The fourth-order valence-electron chi connectivity index (χ4n) is 2.99. The molecule has 0 fully saturated rings. The third kappa shape index (κ3) is 4.87. The van der Waals surface area contributed by atoms with Crippen molar-refractivity contribution in [2.75, 3.05) is 11.9 Å². The Hall–Kier alpha value is -2.47.